The van der Waals surface area contributed by atoms with Gasteiger partial charge in [0.2, 0.25) is 0 Å². The van der Waals surface area contributed by atoms with Gasteiger partial charge in [-0.3, -0.25) is 0 Å². The van der Waals surface area contributed by atoms with Crippen LogP contribution in [-0.4, -0.2) is 0 Å². The van der Waals surface area contributed by atoms with Crippen LogP contribution in [0.3, 0.4) is 0 Å². The molecule has 0 fully saturated rings. The fourth-order valence-corrected chi connectivity index (χ4v) is 21.0. The van der Waals surface area contributed by atoms with Gasteiger partial charge in [0.1, 0.15) is 0 Å². The maximum absolute atomic E-state index is 2.44. The molecular formula is C133H110N4. The van der Waals surface area contributed by atoms with Crippen molar-refractivity contribution in [2.45, 2.75) is 85.5 Å². The van der Waals surface area contributed by atoms with Crippen molar-refractivity contribution in [2.24, 2.45) is 0 Å². The number of rotatable bonds is 15. The first-order valence-electron chi connectivity index (χ1n) is 47.9. The van der Waals surface area contributed by atoms with Gasteiger partial charge in [0.15, 0.2) is 0 Å². The van der Waals surface area contributed by atoms with Crippen LogP contribution >= 0.6 is 0 Å². The van der Waals surface area contributed by atoms with Crippen LogP contribution in [-0.2, 0) is 16.2 Å². The van der Waals surface area contributed by atoms with Crippen molar-refractivity contribution in [2.75, 3.05) is 19.6 Å². The minimum absolute atomic E-state index is 0.0235. The molecule has 24 rings (SSSR count). The van der Waals surface area contributed by atoms with Crippen LogP contribution in [0.15, 0.2) is 485 Å². The first-order valence-corrected chi connectivity index (χ1v) is 47.9. The van der Waals surface area contributed by atoms with E-state index in [0.717, 1.165) is 22.7 Å². The molecule has 0 amide bonds. The van der Waals surface area contributed by atoms with E-state index >= 15 is 0 Å². The Hall–Kier alpha value is -16.4. The van der Waals surface area contributed by atoms with Gasteiger partial charge in [-0.25, -0.2) is 0 Å². The largest absolute Gasteiger partial charge is 0.311 e. The third-order valence-electron chi connectivity index (χ3n) is 28.3. The van der Waals surface area contributed by atoms with Crippen molar-refractivity contribution in [1.82, 2.24) is 0 Å². The van der Waals surface area contributed by atoms with Gasteiger partial charge in [-0.2, -0.15) is 0 Å². The van der Waals surface area contributed by atoms with E-state index < -0.39 is 0 Å². The Morgan fingerprint density at radius 1 is 0.146 bits per heavy atom. The summed E-state index contributed by atoms with van der Waals surface area (Å²) in [5.74, 6) is 0. The number of fused-ring (bicyclic) bond motifs is 13. The predicted octanol–water partition coefficient (Wildman–Crippen LogP) is 37.2. The summed E-state index contributed by atoms with van der Waals surface area (Å²) < 4.78 is 0. The quantitative estimate of drug-likeness (QED) is 0.0949. The van der Waals surface area contributed by atoms with E-state index in [1.54, 1.807) is 0 Å². The normalized spacial score (nSPS) is 12.8. The molecule has 0 aliphatic heterocycles. The fraction of sp³-hybridized carbons (Fsp3) is 0.0977. The van der Waals surface area contributed by atoms with Gasteiger partial charge in [-0.15, -0.1) is 0 Å². The molecule has 0 N–H and O–H groups in total. The highest BCUT2D eigenvalue weighted by Crippen LogP contribution is 2.56. The second-order valence-electron chi connectivity index (χ2n) is 38.3. The monoisotopic (exact) mass is 1760 g/mol. The minimum atomic E-state index is -0.0493. The molecule has 0 spiro atoms. The summed E-state index contributed by atoms with van der Waals surface area (Å²) in [4.78, 5) is 9.53. The van der Waals surface area contributed by atoms with Crippen LogP contribution < -0.4 is 19.6 Å². The third-order valence-corrected chi connectivity index (χ3v) is 28.3. The third kappa shape index (κ3) is 16.9. The molecule has 137 heavy (non-hydrogen) atoms. The van der Waals surface area contributed by atoms with E-state index in [1.807, 2.05) is 0 Å². The van der Waals surface area contributed by atoms with Crippen LogP contribution in [0.2, 0.25) is 0 Å². The van der Waals surface area contributed by atoms with Crippen molar-refractivity contribution in [3.05, 3.63) is 541 Å². The Labute approximate surface area is 807 Å². The lowest BCUT2D eigenvalue weighted by Crippen LogP contribution is -2.16. The summed E-state index contributed by atoms with van der Waals surface area (Å²) in [5.41, 5.74) is 42.8. The molecule has 0 heterocycles. The van der Waals surface area contributed by atoms with Crippen LogP contribution in [0.1, 0.15) is 97.2 Å². The molecule has 0 bridgehead atoms. The molecule has 662 valence electrons. The van der Waals surface area contributed by atoms with Gasteiger partial charge in [-0.05, 0) is 283 Å². The SMILES string of the molecule is Cc1ccc(N(c2ccc(-c3ccccc3)cc2)c2ccc(-c3ccccc3)cc2)cc1.Cc1ccc(N(c2ccc3c(c2)C(C)(C)c2ccccc2-3)c2cc3ccccc3c3ccccc23)cc1.Cc1ccc(N(c2ccc3c(c2)C(C)(C)c2ccccc2-3)c2ccc3ccccc3c2)cc1.Cc1ccc(N(c2ccc3c(c2)C(C)(C)c2ccccc2-3)c2ccccc2-c2ccccc2)cc1. The van der Waals surface area contributed by atoms with E-state index in [2.05, 4.69) is 574 Å². The molecule has 0 radical (unpaired) electrons. The highest BCUT2D eigenvalue weighted by Gasteiger charge is 2.39. The standard InChI is InChI=1S/C36H29N.C34H29N.C32H27N.C31H25N/c1-24-16-18-26(19-17-24)37(35-22-25-10-4-5-11-28(25)29-12-6-7-14-32(29)35)27-20-21-31-30-13-8-9-15-33(30)36(2,3)34(31)23-27;1-24-17-19-26(20-18-24)35(33-16-10-8-13-28(33)25-11-5-4-6-12-25)27-21-22-30-29-14-7-9-15-31(29)34(2,3)32(30)23-27;1-22-12-15-25(16-13-22)33(26-17-14-23-8-4-5-9-24(23)20-26)27-18-19-29-28-10-6-7-11-30(28)32(2,3)31(29)21-27;1-24-12-18-29(19-13-24)32(30-20-14-27(15-21-30)25-8-4-2-5-9-25)31-22-16-28(17-23-31)26-10-6-3-7-11-26/h4-23H,1-3H3;4-23H,1-3H3;4-21H,1-3H3;2-23H,1H3. The van der Waals surface area contributed by atoms with Gasteiger partial charge in [-0.1, -0.05) is 416 Å². The minimum Gasteiger partial charge on any atom is -0.311 e. The van der Waals surface area contributed by atoms with Crippen molar-refractivity contribution in [1.29, 1.82) is 0 Å². The molecular weight excluding hydrogens is 1650 g/mol. The van der Waals surface area contributed by atoms with E-state index in [-0.39, 0.29) is 16.2 Å². The van der Waals surface area contributed by atoms with Crippen molar-refractivity contribution in [3.63, 3.8) is 0 Å². The highest BCUT2D eigenvalue weighted by atomic mass is 15.2. The highest BCUT2D eigenvalue weighted by molar-refractivity contribution is 6.15. The van der Waals surface area contributed by atoms with E-state index in [0.29, 0.717) is 0 Å². The number of hydrogen-bond acceptors (Lipinski definition) is 4. The molecule has 21 aromatic rings. The molecule has 0 aromatic heterocycles. The molecule has 0 atom stereocenters. The van der Waals surface area contributed by atoms with E-state index in [1.165, 1.54) is 200 Å². The smallest absolute Gasteiger partial charge is 0.0546 e. The summed E-state index contributed by atoms with van der Waals surface area (Å²) >= 11 is 0. The second-order valence-corrected chi connectivity index (χ2v) is 38.3. The molecule has 3 aliphatic rings. The zero-order valence-electron chi connectivity index (χ0n) is 79.5. The van der Waals surface area contributed by atoms with Gasteiger partial charge in [0.25, 0.3) is 0 Å². The van der Waals surface area contributed by atoms with Crippen molar-refractivity contribution in [3.8, 4) is 66.8 Å². The zero-order valence-corrected chi connectivity index (χ0v) is 79.5. The average Bonchev–Trinajstić information content (AvgIpc) is 1.56. The number of aryl methyl sites for hydroxylation is 4. The molecule has 0 saturated carbocycles. The lowest BCUT2D eigenvalue weighted by molar-refractivity contribution is 0.660. The first kappa shape index (κ1) is 87.3. The summed E-state index contributed by atoms with van der Waals surface area (Å²) in [6.45, 7) is 22.6. The molecule has 3 aliphatic carbocycles. The predicted molar refractivity (Wildman–Crippen MR) is 585 cm³/mol. The van der Waals surface area contributed by atoms with E-state index in [9.17, 15) is 0 Å². The average molecular weight is 1760 g/mol. The van der Waals surface area contributed by atoms with Crippen LogP contribution in [0.5, 0.6) is 0 Å². The van der Waals surface area contributed by atoms with Crippen LogP contribution in [0.25, 0.3) is 99.1 Å². The molecule has 0 saturated heterocycles. The van der Waals surface area contributed by atoms with Crippen LogP contribution in [0, 0.1) is 27.7 Å². The lowest BCUT2D eigenvalue weighted by Gasteiger charge is -2.30. The van der Waals surface area contributed by atoms with Crippen molar-refractivity contribution < 1.29 is 0 Å². The summed E-state index contributed by atoms with van der Waals surface area (Å²) in [6, 6.07) is 176. The topological polar surface area (TPSA) is 13.0 Å². The maximum Gasteiger partial charge on any atom is 0.0546 e. The number of benzene rings is 21. The Morgan fingerprint density at radius 3 is 0.825 bits per heavy atom. The van der Waals surface area contributed by atoms with Gasteiger partial charge >= 0.3 is 0 Å². The number of nitrogens with zero attached hydrogens (tertiary/aromatic N) is 4. The van der Waals surface area contributed by atoms with Crippen LogP contribution in [0.4, 0.5) is 68.2 Å². The number of para-hydroxylation sites is 1. The van der Waals surface area contributed by atoms with Gasteiger partial charge in [0.05, 0.1) is 11.4 Å². The Bertz CT molecular complexity index is 7890. The maximum atomic E-state index is 2.44. The first-order chi connectivity index (χ1) is 66.9. The van der Waals surface area contributed by atoms with E-state index in [4.69, 9.17) is 0 Å². The summed E-state index contributed by atoms with van der Waals surface area (Å²) in [6.07, 6.45) is 0. The summed E-state index contributed by atoms with van der Waals surface area (Å²) in [5, 5.41) is 7.58. The van der Waals surface area contributed by atoms with Gasteiger partial charge < -0.3 is 19.6 Å². The lowest BCUT2D eigenvalue weighted by atomic mass is 9.82. The molecule has 4 nitrogen and oxygen atoms in total. The number of hydrogen-bond donors (Lipinski definition) is 0. The fourth-order valence-electron chi connectivity index (χ4n) is 21.0. The molecule has 0 unspecified atom stereocenters. The molecule has 21 aromatic carbocycles. The Balaban J connectivity index is 0.000000109. The van der Waals surface area contributed by atoms with Gasteiger partial charge in [0, 0.05) is 84.1 Å². The second kappa shape index (κ2) is 36.9. The van der Waals surface area contributed by atoms with Crippen molar-refractivity contribution >= 4 is 101 Å². The zero-order chi connectivity index (χ0) is 93.5. The Kier molecular flexibility index (Phi) is 23.5. The molecule has 4 heteroatoms. The number of anilines is 12. The Morgan fingerprint density at radius 2 is 0.409 bits per heavy atom. The summed E-state index contributed by atoms with van der Waals surface area (Å²) in [7, 11) is 0.